The van der Waals surface area contributed by atoms with E-state index < -0.39 is 0 Å². The van der Waals surface area contributed by atoms with E-state index in [1.165, 1.54) is 0 Å². The summed E-state index contributed by atoms with van der Waals surface area (Å²) in [5, 5.41) is 11.4. The number of nitrogens with zero attached hydrogens (tertiary/aromatic N) is 2. The lowest BCUT2D eigenvalue weighted by Gasteiger charge is -2.31. The van der Waals surface area contributed by atoms with Crippen molar-refractivity contribution < 1.29 is 4.92 Å². The second kappa shape index (κ2) is 6.18. The number of hydrogen-bond donors (Lipinski definition) is 0. The van der Waals surface area contributed by atoms with Crippen molar-refractivity contribution >= 4 is 27.3 Å². The summed E-state index contributed by atoms with van der Waals surface area (Å²) in [6.45, 7) is 6.49. The molecule has 100 valence electrons. The normalized spacial score (nSPS) is 12.6. The molecule has 0 saturated heterocycles. The molecule has 0 saturated carbocycles. The monoisotopic (exact) mass is 314 g/mol. The molecule has 1 aromatic rings. The van der Waals surface area contributed by atoms with Gasteiger partial charge in [-0.2, -0.15) is 0 Å². The molecule has 5 heteroatoms. The highest BCUT2D eigenvalue weighted by molar-refractivity contribution is 9.08. The summed E-state index contributed by atoms with van der Waals surface area (Å²) >= 11 is 3.40. The van der Waals surface area contributed by atoms with E-state index in [4.69, 9.17) is 0 Å². The Kier molecular flexibility index (Phi) is 5.14. The minimum Gasteiger partial charge on any atom is -0.371 e. The van der Waals surface area contributed by atoms with Gasteiger partial charge in [-0.1, -0.05) is 29.8 Å². The average molecular weight is 315 g/mol. The van der Waals surface area contributed by atoms with Crippen molar-refractivity contribution in [3.05, 3.63) is 33.9 Å². The number of anilines is 1. The number of rotatable bonds is 5. The molecule has 0 fully saturated rings. The van der Waals surface area contributed by atoms with E-state index in [9.17, 15) is 10.1 Å². The number of nitro groups is 1. The standard InChI is InChI=1S/C13H19BrN2O2/c1-9(2)10(3)15(4)13-6-5-12(16(17)18)7-11(13)8-14/h5-7,9-10H,8H2,1-4H3. The third-order valence-electron chi connectivity index (χ3n) is 3.37. The van der Waals surface area contributed by atoms with Gasteiger partial charge in [-0.25, -0.2) is 0 Å². The van der Waals surface area contributed by atoms with Crippen molar-refractivity contribution in [3.8, 4) is 0 Å². The Balaban J connectivity index is 3.13. The first-order chi connectivity index (χ1) is 8.38. The molecule has 0 radical (unpaired) electrons. The predicted octanol–water partition coefficient (Wildman–Crippen LogP) is 3.97. The lowest BCUT2D eigenvalue weighted by atomic mass is 10.0. The Morgan fingerprint density at radius 3 is 2.44 bits per heavy atom. The van der Waals surface area contributed by atoms with Crippen LogP contribution in [0.3, 0.4) is 0 Å². The molecule has 1 atom stereocenters. The Morgan fingerprint density at radius 2 is 2.00 bits per heavy atom. The summed E-state index contributed by atoms with van der Waals surface area (Å²) in [6, 6.07) is 5.40. The molecule has 0 amide bonds. The van der Waals surface area contributed by atoms with Crippen molar-refractivity contribution in [2.75, 3.05) is 11.9 Å². The maximum absolute atomic E-state index is 10.8. The average Bonchev–Trinajstić information content (AvgIpc) is 2.35. The number of non-ortho nitro benzene ring substituents is 1. The number of hydrogen-bond acceptors (Lipinski definition) is 3. The molecule has 4 nitrogen and oxygen atoms in total. The highest BCUT2D eigenvalue weighted by Crippen LogP contribution is 2.29. The molecule has 0 spiro atoms. The lowest BCUT2D eigenvalue weighted by molar-refractivity contribution is -0.384. The van der Waals surface area contributed by atoms with Crippen LogP contribution in [0.15, 0.2) is 18.2 Å². The van der Waals surface area contributed by atoms with Crippen molar-refractivity contribution in [2.45, 2.75) is 32.1 Å². The van der Waals surface area contributed by atoms with Gasteiger partial charge in [0.25, 0.3) is 5.69 Å². The second-order valence-electron chi connectivity index (χ2n) is 4.80. The van der Waals surface area contributed by atoms with Crippen molar-refractivity contribution in [2.24, 2.45) is 5.92 Å². The van der Waals surface area contributed by atoms with Crippen LogP contribution in [0.2, 0.25) is 0 Å². The van der Waals surface area contributed by atoms with E-state index in [1.54, 1.807) is 12.1 Å². The van der Waals surface area contributed by atoms with Gasteiger partial charge < -0.3 is 4.90 Å². The fraction of sp³-hybridized carbons (Fsp3) is 0.538. The third-order valence-corrected chi connectivity index (χ3v) is 3.98. The van der Waals surface area contributed by atoms with Crippen LogP contribution in [0.4, 0.5) is 11.4 Å². The minimum absolute atomic E-state index is 0.138. The molecule has 1 aromatic carbocycles. The van der Waals surface area contributed by atoms with Crippen molar-refractivity contribution in [3.63, 3.8) is 0 Å². The fourth-order valence-corrected chi connectivity index (χ4v) is 2.25. The number of nitro benzene ring substituents is 1. The molecule has 0 aliphatic carbocycles. The van der Waals surface area contributed by atoms with Gasteiger partial charge in [0.05, 0.1) is 4.92 Å². The maximum atomic E-state index is 10.8. The quantitative estimate of drug-likeness (QED) is 0.469. The first-order valence-corrected chi connectivity index (χ1v) is 7.06. The van der Waals surface area contributed by atoms with E-state index >= 15 is 0 Å². The van der Waals surface area contributed by atoms with Gasteiger partial charge in [-0.15, -0.1) is 0 Å². The second-order valence-corrected chi connectivity index (χ2v) is 5.36. The molecule has 0 aromatic heterocycles. The van der Waals surface area contributed by atoms with Crippen LogP contribution in [0.1, 0.15) is 26.3 Å². The molecule has 1 unspecified atom stereocenters. The molecule has 0 heterocycles. The topological polar surface area (TPSA) is 46.4 Å². The van der Waals surface area contributed by atoms with Gasteiger partial charge in [-0.3, -0.25) is 10.1 Å². The van der Waals surface area contributed by atoms with E-state index in [2.05, 4.69) is 41.6 Å². The van der Waals surface area contributed by atoms with Gasteiger partial charge in [0.1, 0.15) is 0 Å². The van der Waals surface area contributed by atoms with E-state index in [0.717, 1.165) is 11.3 Å². The van der Waals surface area contributed by atoms with Gasteiger partial charge in [0, 0.05) is 36.2 Å². The summed E-state index contributed by atoms with van der Waals surface area (Å²) in [7, 11) is 2.03. The van der Waals surface area contributed by atoms with Gasteiger partial charge in [-0.05, 0) is 24.5 Å². The number of halogens is 1. The Morgan fingerprint density at radius 1 is 1.39 bits per heavy atom. The lowest BCUT2D eigenvalue weighted by Crippen LogP contribution is -2.33. The SMILES string of the molecule is CC(C)C(C)N(C)c1ccc([N+](=O)[O-])cc1CBr. The van der Waals surface area contributed by atoms with Crippen LogP contribution < -0.4 is 4.90 Å². The number of alkyl halides is 1. The number of benzene rings is 1. The van der Waals surface area contributed by atoms with Crippen LogP contribution in [-0.4, -0.2) is 18.0 Å². The summed E-state index contributed by atoms with van der Waals surface area (Å²) in [4.78, 5) is 12.6. The molecule has 18 heavy (non-hydrogen) atoms. The predicted molar refractivity (Wildman–Crippen MR) is 78.4 cm³/mol. The van der Waals surface area contributed by atoms with Crippen LogP contribution in [0.25, 0.3) is 0 Å². The van der Waals surface area contributed by atoms with E-state index in [-0.39, 0.29) is 10.6 Å². The molecule has 0 N–H and O–H groups in total. The summed E-state index contributed by atoms with van der Waals surface area (Å²) in [5.74, 6) is 0.522. The van der Waals surface area contributed by atoms with E-state index in [0.29, 0.717) is 17.3 Å². The highest BCUT2D eigenvalue weighted by Gasteiger charge is 2.18. The van der Waals surface area contributed by atoms with Gasteiger partial charge >= 0.3 is 0 Å². The minimum atomic E-state index is -0.359. The fourth-order valence-electron chi connectivity index (χ4n) is 1.80. The van der Waals surface area contributed by atoms with Crippen LogP contribution in [0.5, 0.6) is 0 Å². The maximum Gasteiger partial charge on any atom is 0.269 e. The molecular weight excluding hydrogens is 296 g/mol. The zero-order valence-corrected chi connectivity index (χ0v) is 12.8. The summed E-state index contributed by atoms with van der Waals surface area (Å²) in [6.07, 6.45) is 0. The molecule has 0 bridgehead atoms. The van der Waals surface area contributed by atoms with Crippen molar-refractivity contribution in [1.82, 2.24) is 0 Å². The van der Waals surface area contributed by atoms with Crippen LogP contribution in [-0.2, 0) is 5.33 Å². The van der Waals surface area contributed by atoms with Crippen LogP contribution >= 0.6 is 15.9 Å². The Bertz CT molecular complexity index is 435. The summed E-state index contributed by atoms with van der Waals surface area (Å²) < 4.78 is 0. The largest absolute Gasteiger partial charge is 0.371 e. The van der Waals surface area contributed by atoms with Gasteiger partial charge in [0.2, 0.25) is 0 Å². The zero-order valence-electron chi connectivity index (χ0n) is 11.2. The van der Waals surface area contributed by atoms with Gasteiger partial charge in [0.15, 0.2) is 0 Å². The smallest absolute Gasteiger partial charge is 0.269 e. The molecule has 0 aliphatic heterocycles. The van der Waals surface area contributed by atoms with Crippen molar-refractivity contribution in [1.29, 1.82) is 0 Å². The summed E-state index contributed by atoms with van der Waals surface area (Å²) in [5.41, 5.74) is 2.12. The first kappa shape index (κ1) is 15.0. The molecule has 1 rings (SSSR count). The first-order valence-electron chi connectivity index (χ1n) is 5.94. The van der Waals surface area contributed by atoms with E-state index in [1.807, 2.05) is 13.1 Å². The Labute approximate surface area is 116 Å². The zero-order chi connectivity index (χ0) is 13.9. The third kappa shape index (κ3) is 3.22. The Hall–Kier alpha value is -1.10. The molecule has 0 aliphatic rings. The molecular formula is C13H19BrN2O2. The van der Waals surface area contributed by atoms with Crippen LogP contribution in [0, 0.1) is 16.0 Å². The highest BCUT2D eigenvalue weighted by atomic mass is 79.9.